The van der Waals surface area contributed by atoms with E-state index in [2.05, 4.69) is 25.4 Å². The Hall–Kier alpha value is -2.59. The number of nitrogens with zero attached hydrogens (tertiary/aromatic N) is 1. The van der Waals surface area contributed by atoms with E-state index in [0.717, 1.165) is 16.3 Å². The Morgan fingerprint density at radius 2 is 1.57 bits per heavy atom. The third-order valence-electron chi connectivity index (χ3n) is 5.39. The highest BCUT2D eigenvalue weighted by atomic mass is 28.3. The number of hydrogen-bond donors (Lipinski definition) is 1. The summed E-state index contributed by atoms with van der Waals surface area (Å²) in [6.45, 7) is 10.5. The van der Waals surface area contributed by atoms with Crippen LogP contribution in [-0.4, -0.2) is 30.3 Å². The molecular formula is C25H31NO3Si. The fraction of sp³-hybridized carbons (Fsp3) is 0.360. The number of rotatable bonds is 6. The summed E-state index contributed by atoms with van der Waals surface area (Å²) in [5.74, 6) is 0.0835. The van der Waals surface area contributed by atoms with Crippen LogP contribution in [0.5, 0.6) is 0 Å². The van der Waals surface area contributed by atoms with Gasteiger partial charge in [-0.3, -0.25) is 4.90 Å². The highest BCUT2D eigenvalue weighted by Crippen LogP contribution is 2.43. The molecule has 4 nitrogen and oxygen atoms in total. The number of ether oxygens (including phenoxy) is 1. The second-order valence-electron chi connectivity index (χ2n) is 9.10. The highest BCUT2D eigenvalue weighted by Gasteiger charge is 2.42. The number of amides is 1. The van der Waals surface area contributed by atoms with Crippen LogP contribution in [0.15, 0.2) is 77.8 Å². The molecule has 2 aromatic rings. The molecule has 1 amide bonds. The quantitative estimate of drug-likeness (QED) is 0.470. The van der Waals surface area contributed by atoms with Gasteiger partial charge >= 0.3 is 6.09 Å². The molecule has 1 N–H and O–H groups in total. The van der Waals surface area contributed by atoms with Crippen LogP contribution in [0.1, 0.15) is 37.1 Å². The van der Waals surface area contributed by atoms with Crippen LogP contribution in [-0.2, 0) is 4.74 Å². The summed E-state index contributed by atoms with van der Waals surface area (Å²) in [6.07, 6.45) is 0.289. The summed E-state index contributed by atoms with van der Waals surface area (Å²) in [5, 5.41) is 11.7. The first kappa shape index (κ1) is 22.1. The van der Waals surface area contributed by atoms with Crippen molar-refractivity contribution in [3.05, 3.63) is 88.9 Å². The van der Waals surface area contributed by atoms with E-state index in [1.54, 1.807) is 11.1 Å². The van der Waals surface area contributed by atoms with E-state index < -0.39 is 26.4 Å². The maximum Gasteiger partial charge on any atom is 0.415 e. The Morgan fingerprint density at radius 3 is 2.07 bits per heavy atom. The zero-order valence-corrected chi connectivity index (χ0v) is 19.4. The Labute approximate surface area is 180 Å². The molecule has 3 atom stereocenters. The number of hydrogen-bond acceptors (Lipinski definition) is 3. The highest BCUT2D eigenvalue weighted by molar-refractivity contribution is 6.83. The van der Waals surface area contributed by atoms with E-state index in [1.807, 2.05) is 74.5 Å². The summed E-state index contributed by atoms with van der Waals surface area (Å²) in [7, 11) is -1.84. The van der Waals surface area contributed by atoms with E-state index in [1.165, 1.54) is 0 Å². The molecule has 0 aliphatic carbocycles. The number of aliphatic hydroxyl groups is 1. The van der Waals surface area contributed by atoms with Gasteiger partial charge in [0.2, 0.25) is 0 Å². The molecule has 1 aliphatic heterocycles. The lowest BCUT2D eigenvalue weighted by atomic mass is 9.95. The smallest absolute Gasteiger partial charge is 0.415 e. The van der Waals surface area contributed by atoms with Crippen LogP contribution in [0.25, 0.3) is 0 Å². The normalized spacial score (nSPS) is 20.0. The van der Waals surface area contributed by atoms with E-state index in [4.69, 9.17) is 4.74 Å². The summed E-state index contributed by atoms with van der Waals surface area (Å²) in [4.78, 5) is 14.5. The molecule has 5 heteroatoms. The molecule has 30 heavy (non-hydrogen) atoms. The third-order valence-corrected chi connectivity index (χ3v) is 7.44. The summed E-state index contributed by atoms with van der Waals surface area (Å²) < 4.78 is 5.81. The topological polar surface area (TPSA) is 49.8 Å². The van der Waals surface area contributed by atoms with E-state index in [9.17, 15) is 9.90 Å². The SMILES string of the molecule is CC(C)[C@@H](O)C(=C=CN1C(=O)O[C@H](c2ccccc2)[C@@H]1c1ccccc1)[Si](C)(C)C. The first-order valence-corrected chi connectivity index (χ1v) is 13.9. The Morgan fingerprint density at radius 1 is 1.03 bits per heavy atom. The van der Waals surface area contributed by atoms with Gasteiger partial charge in [-0.2, -0.15) is 0 Å². The largest absolute Gasteiger partial charge is 0.438 e. The second kappa shape index (κ2) is 9.05. The predicted molar refractivity (Wildman–Crippen MR) is 122 cm³/mol. The minimum Gasteiger partial charge on any atom is -0.438 e. The van der Waals surface area contributed by atoms with Crippen molar-refractivity contribution in [2.75, 3.05) is 0 Å². The average molecular weight is 422 g/mol. The molecule has 0 aromatic heterocycles. The molecule has 3 rings (SSSR count). The number of cyclic esters (lactones) is 1. The molecule has 158 valence electrons. The Bertz CT molecular complexity index is 928. The molecular weight excluding hydrogens is 390 g/mol. The first-order chi connectivity index (χ1) is 14.2. The lowest BCUT2D eigenvalue weighted by Crippen LogP contribution is -2.34. The van der Waals surface area contributed by atoms with Crippen molar-refractivity contribution < 1.29 is 14.6 Å². The molecule has 1 heterocycles. The zero-order chi connectivity index (χ0) is 21.9. The van der Waals surface area contributed by atoms with Crippen LogP contribution in [0.3, 0.4) is 0 Å². The molecule has 0 bridgehead atoms. The molecule has 1 fully saturated rings. The van der Waals surface area contributed by atoms with Gasteiger partial charge < -0.3 is 9.84 Å². The molecule has 0 spiro atoms. The van der Waals surface area contributed by atoms with Crippen LogP contribution in [0.4, 0.5) is 4.79 Å². The maximum absolute atomic E-state index is 12.9. The second-order valence-corrected chi connectivity index (χ2v) is 14.1. The van der Waals surface area contributed by atoms with Crippen molar-refractivity contribution in [1.82, 2.24) is 4.90 Å². The van der Waals surface area contributed by atoms with Gasteiger partial charge in [0.05, 0.1) is 20.4 Å². The fourth-order valence-electron chi connectivity index (χ4n) is 3.72. The van der Waals surface area contributed by atoms with Gasteiger partial charge in [0.1, 0.15) is 6.04 Å². The third kappa shape index (κ3) is 4.76. The van der Waals surface area contributed by atoms with Crippen molar-refractivity contribution in [2.24, 2.45) is 5.92 Å². The van der Waals surface area contributed by atoms with E-state index in [-0.39, 0.29) is 12.0 Å². The van der Waals surface area contributed by atoms with Crippen LogP contribution < -0.4 is 0 Å². The maximum atomic E-state index is 12.9. The van der Waals surface area contributed by atoms with Crippen LogP contribution in [0, 0.1) is 5.92 Å². The summed E-state index contributed by atoms with van der Waals surface area (Å²) in [5.41, 5.74) is 5.26. The minimum absolute atomic E-state index is 0.0835. The summed E-state index contributed by atoms with van der Waals surface area (Å²) in [6, 6.07) is 19.4. The van der Waals surface area contributed by atoms with Gasteiger partial charge in [-0.25, -0.2) is 4.79 Å². The standard InChI is InChI=1S/C25H31NO3Si/c1-18(2)23(27)21(30(3,4)5)16-17-26-22(19-12-8-6-9-13-19)24(29-25(26)28)20-14-10-7-11-15-20/h6-15,17-18,22-24,27H,1-5H3/t16?,22-,23+,24+/m0/s1. The first-order valence-electron chi connectivity index (χ1n) is 10.4. The van der Waals surface area contributed by atoms with Crippen molar-refractivity contribution in [3.63, 3.8) is 0 Å². The number of aliphatic hydroxyl groups excluding tert-OH is 1. The zero-order valence-electron chi connectivity index (χ0n) is 18.4. The molecule has 1 saturated heterocycles. The molecule has 0 unspecified atom stereocenters. The molecule has 2 aromatic carbocycles. The number of benzene rings is 2. The monoisotopic (exact) mass is 421 g/mol. The lowest BCUT2D eigenvalue weighted by molar-refractivity contribution is 0.131. The van der Waals surface area contributed by atoms with Crippen LogP contribution in [0.2, 0.25) is 19.6 Å². The van der Waals surface area contributed by atoms with Crippen molar-refractivity contribution in [2.45, 2.75) is 51.7 Å². The number of carbonyl (C=O) groups is 1. The molecule has 0 saturated carbocycles. The van der Waals surface area contributed by atoms with Gasteiger partial charge in [-0.05, 0) is 22.2 Å². The van der Waals surface area contributed by atoms with Gasteiger partial charge in [-0.15, -0.1) is 5.73 Å². The fourth-order valence-corrected chi connectivity index (χ4v) is 5.44. The summed E-state index contributed by atoms with van der Waals surface area (Å²) >= 11 is 0. The molecule has 0 radical (unpaired) electrons. The van der Waals surface area contributed by atoms with Crippen LogP contribution >= 0.6 is 0 Å². The predicted octanol–water partition coefficient (Wildman–Crippen LogP) is 5.85. The Balaban J connectivity index is 2.09. The molecule has 1 aliphatic rings. The van der Waals surface area contributed by atoms with Crippen molar-refractivity contribution in [1.29, 1.82) is 0 Å². The number of carbonyl (C=O) groups excluding carboxylic acids is 1. The van der Waals surface area contributed by atoms with Crippen molar-refractivity contribution in [3.8, 4) is 0 Å². The van der Waals surface area contributed by atoms with E-state index in [0.29, 0.717) is 0 Å². The van der Waals surface area contributed by atoms with E-state index >= 15 is 0 Å². The lowest BCUT2D eigenvalue weighted by Gasteiger charge is -2.27. The van der Waals surface area contributed by atoms with Gasteiger partial charge in [-0.1, -0.05) is 94.2 Å². The van der Waals surface area contributed by atoms with Gasteiger partial charge in [0.15, 0.2) is 6.10 Å². The Kier molecular flexibility index (Phi) is 6.66. The average Bonchev–Trinajstić information content (AvgIpc) is 3.04. The van der Waals surface area contributed by atoms with Gasteiger partial charge in [0, 0.05) is 0 Å². The van der Waals surface area contributed by atoms with Crippen molar-refractivity contribution >= 4 is 14.2 Å². The van der Waals surface area contributed by atoms with Gasteiger partial charge in [0.25, 0.3) is 0 Å². The minimum atomic E-state index is -1.84.